The number of hydrogen-bond acceptors (Lipinski definition) is 4. The van der Waals surface area contributed by atoms with Gasteiger partial charge in [-0.3, -0.25) is 0 Å². The highest BCUT2D eigenvalue weighted by molar-refractivity contribution is 5.43. The van der Waals surface area contributed by atoms with Gasteiger partial charge in [-0.15, -0.1) is 0 Å². The normalized spacial score (nSPS) is 10.2. The van der Waals surface area contributed by atoms with Crippen molar-refractivity contribution in [2.45, 2.75) is 13.2 Å². The maximum absolute atomic E-state index is 5.79. The Kier molecular flexibility index (Phi) is 4.85. The second-order valence-electron chi connectivity index (χ2n) is 4.33. The molecule has 4 heteroatoms. The maximum atomic E-state index is 5.79. The van der Waals surface area contributed by atoms with Gasteiger partial charge >= 0.3 is 0 Å². The van der Waals surface area contributed by atoms with Gasteiger partial charge in [-0.1, -0.05) is 18.2 Å². The van der Waals surface area contributed by atoms with Crippen molar-refractivity contribution in [1.29, 1.82) is 0 Å². The molecule has 4 nitrogen and oxygen atoms in total. The molecule has 2 aromatic carbocycles. The van der Waals surface area contributed by atoms with Crippen LogP contribution in [0.4, 0.5) is 0 Å². The van der Waals surface area contributed by atoms with E-state index in [4.69, 9.17) is 19.9 Å². The fourth-order valence-corrected chi connectivity index (χ4v) is 1.88. The molecule has 2 rings (SSSR count). The van der Waals surface area contributed by atoms with E-state index < -0.39 is 0 Å². The second kappa shape index (κ2) is 6.82. The van der Waals surface area contributed by atoms with E-state index in [0.717, 1.165) is 16.9 Å². The highest BCUT2D eigenvalue weighted by Crippen LogP contribution is 2.29. The van der Waals surface area contributed by atoms with E-state index in [2.05, 4.69) is 0 Å². The summed E-state index contributed by atoms with van der Waals surface area (Å²) >= 11 is 0. The van der Waals surface area contributed by atoms with Crippen molar-refractivity contribution in [1.82, 2.24) is 0 Å². The lowest BCUT2D eigenvalue weighted by Gasteiger charge is -2.12. The minimum absolute atomic E-state index is 0.454. The first-order valence-corrected chi connectivity index (χ1v) is 6.39. The van der Waals surface area contributed by atoms with Crippen LogP contribution >= 0.6 is 0 Å². The van der Waals surface area contributed by atoms with Gasteiger partial charge in [0.05, 0.1) is 14.2 Å². The van der Waals surface area contributed by atoms with Gasteiger partial charge in [-0.2, -0.15) is 0 Å². The molecule has 0 saturated heterocycles. The topological polar surface area (TPSA) is 53.7 Å². The molecule has 0 saturated carbocycles. The minimum atomic E-state index is 0.454. The van der Waals surface area contributed by atoms with Crippen LogP contribution in [-0.4, -0.2) is 14.2 Å². The van der Waals surface area contributed by atoms with Crippen LogP contribution in [0.25, 0.3) is 0 Å². The number of benzene rings is 2. The smallest absolute Gasteiger partial charge is 0.161 e. The van der Waals surface area contributed by atoms with Gasteiger partial charge in [0.2, 0.25) is 0 Å². The molecule has 0 aliphatic heterocycles. The molecule has 0 fully saturated rings. The van der Waals surface area contributed by atoms with Gasteiger partial charge in [-0.05, 0) is 35.4 Å². The van der Waals surface area contributed by atoms with Crippen molar-refractivity contribution in [2.75, 3.05) is 14.2 Å². The van der Waals surface area contributed by atoms with Crippen molar-refractivity contribution in [2.24, 2.45) is 5.73 Å². The largest absolute Gasteiger partial charge is 0.497 e. The Hall–Kier alpha value is -2.20. The SMILES string of the molecule is COc1cccc(COc2ccc(CN)cc2OC)c1. The van der Waals surface area contributed by atoms with Crippen LogP contribution in [0.1, 0.15) is 11.1 Å². The Bertz CT molecular complexity index is 569. The molecular weight excluding hydrogens is 254 g/mol. The van der Waals surface area contributed by atoms with Crippen molar-refractivity contribution in [3.8, 4) is 17.2 Å². The average molecular weight is 273 g/mol. The fourth-order valence-electron chi connectivity index (χ4n) is 1.88. The summed E-state index contributed by atoms with van der Waals surface area (Å²) in [6.45, 7) is 0.933. The number of nitrogens with two attached hydrogens (primary N) is 1. The Morgan fingerprint density at radius 2 is 1.75 bits per heavy atom. The van der Waals surface area contributed by atoms with E-state index in [1.807, 2.05) is 42.5 Å². The number of hydrogen-bond donors (Lipinski definition) is 1. The van der Waals surface area contributed by atoms with Crippen LogP contribution in [0.15, 0.2) is 42.5 Å². The molecule has 0 aliphatic carbocycles. The summed E-state index contributed by atoms with van der Waals surface area (Å²) in [5.74, 6) is 2.21. The zero-order valence-electron chi connectivity index (χ0n) is 11.8. The van der Waals surface area contributed by atoms with Crippen molar-refractivity contribution in [3.05, 3.63) is 53.6 Å². The van der Waals surface area contributed by atoms with Gasteiger partial charge in [0.1, 0.15) is 12.4 Å². The Morgan fingerprint density at radius 3 is 2.45 bits per heavy atom. The first-order chi connectivity index (χ1) is 9.76. The fraction of sp³-hybridized carbons (Fsp3) is 0.250. The molecule has 0 heterocycles. The molecule has 0 bridgehead atoms. The predicted octanol–water partition coefficient (Wildman–Crippen LogP) is 2.74. The minimum Gasteiger partial charge on any atom is -0.497 e. The van der Waals surface area contributed by atoms with Crippen molar-refractivity contribution in [3.63, 3.8) is 0 Å². The number of ether oxygens (including phenoxy) is 3. The van der Waals surface area contributed by atoms with E-state index in [1.54, 1.807) is 14.2 Å². The molecule has 0 radical (unpaired) electrons. The number of rotatable bonds is 6. The Balaban J connectivity index is 2.10. The lowest BCUT2D eigenvalue weighted by molar-refractivity contribution is 0.283. The molecule has 0 amide bonds. The summed E-state index contributed by atoms with van der Waals surface area (Å²) in [5.41, 5.74) is 7.66. The summed E-state index contributed by atoms with van der Waals surface area (Å²) < 4.78 is 16.3. The average Bonchev–Trinajstić information content (AvgIpc) is 2.52. The highest BCUT2D eigenvalue weighted by atomic mass is 16.5. The summed E-state index contributed by atoms with van der Waals surface area (Å²) in [5, 5.41) is 0. The summed E-state index contributed by atoms with van der Waals surface area (Å²) in [6.07, 6.45) is 0. The lowest BCUT2D eigenvalue weighted by atomic mass is 10.2. The monoisotopic (exact) mass is 273 g/mol. The maximum Gasteiger partial charge on any atom is 0.161 e. The third-order valence-corrected chi connectivity index (χ3v) is 2.99. The van der Waals surface area contributed by atoms with E-state index >= 15 is 0 Å². The van der Waals surface area contributed by atoms with Gasteiger partial charge in [0.15, 0.2) is 11.5 Å². The van der Waals surface area contributed by atoms with Crippen molar-refractivity contribution >= 4 is 0 Å². The second-order valence-corrected chi connectivity index (χ2v) is 4.33. The summed E-state index contributed by atoms with van der Waals surface area (Å²) in [4.78, 5) is 0. The predicted molar refractivity (Wildman–Crippen MR) is 78.2 cm³/mol. The lowest BCUT2D eigenvalue weighted by Crippen LogP contribution is -2.00. The van der Waals surface area contributed by atoms with Crippen LogP contribution in [0.5, 0.6) is 17.2 Å². The first-order valence-electron chi connectivity index (χ1n) is 6.39. The van der Waals surface area contributed by atoms with Gasteiger partial charge < -0.3 is 19.9 Å². The van der Waals surface area contributed by atoms with E-state index in [-0.39, 0.29) is 0 Å². The molecule has 0 aliphatic rings. The standard InChI is InChI=1S/C16H19NO3/c1-18-14-5-3-4-13(8-14)11-20-15-7-6-12(10-17)9-16(15)19-2/h3-9H,10-11,17H2,1-2H3. The Morgan fingerprint density at radius 1 is 0.900 bits per heavy atom. The summed E-state index contributed by atoms with van der Waals surface area (Å²) in [7, 11) is 3.27. The van der Waals surface area contributed by atoms with E-state index in [0.29, 0.717) is 24.7 Å². The van der Waals surface area contributed by atoms with Gasteiger partial charge in [0, 0.05) is 6.54 Å². The van der Waals surface area contributed by atoms with Gasteiger partial charge in [-0.25, -0.2) is 0 Å². The molecule has 0 aromatic heterocycles. The molecule has 0 spiro atoms. The molecule has 0 atom stereocenters. The molecule has 0 unspecified atom stereocenters. The van der Waals surface area contributed by atoms with Crippen LogP contribution in [0.2, 0.25) is 0 Å². The van der Waals surface area contributed by atoms with E-state index in [1.165, 1.54) is 0 Å². The van der Waals surface area contributed by atoms with Crippen molar-refractivity contribution < 1.29 is 14.2 Å². The zero-order chi connectivity index (χ0) is 14.4. The third kappa shape index (κ3) is 3.42. The summed E-state index contributed by atoms with van der Waals surface area (Å²) in [6, 6.07) is 13.5. The quantitative estimate of drug-likeness (QED) is 0.879. The van der Waals surface area contributed by atoms with Gasteiger partial charge in [0.25, 0.3) is 0 Å². The van der Waals surface area contributed by atoms with Crippen LogP contribution < -0.4 is 19.9 Å². The first kappa shape index (κ1) is 14.2. The van der Waals surface area contributed by atoms with E-state index in [9.17, 15) is 0 Å². The van der Waals surface area contributed by atoms with Crippen LogP contribution in [-0.2, 0) is 13.2 Å². The molecule has 106 valence electrons. The number of methoxy groups -OCH3 is 2. The molecule has 20 heavy (non-hydrogen) atoms. The van der Waals surface area contributed by atoms with Crippen LogP contribution in [0, 0.1) is 0 Å². The zero-order valence-corrected chi connectivity index (χ0v) is 11.8. The highest BCUT2D eigenvalue weighted by Gasteiger charge is 2.06. The third-order valence-electron chi connectivity index (χ3n) is 2.99. The van der Waals surface area contributed by atoms with Crippen LogP contribution in [0.3, 0.4) is 0 Å². The molecular formula is C16H19NO3. The Labute approximate surface area is 119 Å². The molecule has 2 aromatic rings. The molecule has 2 N–H and O–H groups in total.